The molecule has 2 fully saturated rings. The third kappa shape index (κ3) is 7.50. The first kappa shape index (κ1) is 29.3. The number of rotatable bonds is 7. The first-order valence-electron chi connectivity index (χ1n) is 13.7. The van der Waals surface area contributed by atoms with Crippen LogP contribution in [0, 0.1) is 22.6 Å². The zero-order chi connectivity index (χ0) is 28.9. The number of hydrogen-bond acceptors (Lipinski definition) is 8. The summed E-state index contributed by atoms with van der Waals surface area (Å²) in [5, 5.41) is 21.5. The van der Waals surface area contributed by atoms with Gasteiger partial charge in [-0.05, 0) is 75.8 Å². The van der Waals surface area contributed by atoms with Gasteiger partial charge < -0.3 is 25.3 Å². The molecular formula is C30H39FN6O3. The van der Waals surface area contributed by atoms with E-state index in [9.17, 15) is 9.18 Å². The number of aromatic nitrogens is 1. The lowest BCUT2D eigenvalue weighted by atomic mass is 9.73. The standard InChI is InChI=1S/C30H39FN6O3/c1-20(32)28-26(33)16-22(24-8-7-23(31)18-25(24)21-6-5-9-34-19-21)17-27(28)35-39-15-14-36-10-12-37(13-11-36)29(38)40-30(2,3)4/h5-9,18-19,22,28,32-33H,10-17H2,1-4H3. The van der Waals surface area contributed by atoms with Gasteiger partial charge in [0.15, 0.2) is 0 Å². The number of ether oxygens (including phenoxy) is 1. The molecule has 10 heteroatoms. The summed E-state index contributed by atoms with van der Waals surface area (Å²) in [4.78, 5) is 26.2. The zero-order valence-electron chi connectivity index (χ0n) is 23.7. The molecule has 1 aliphatic heterocycles. The number of carbonyl (C=O) groups is 1. The normalized spacial score (nSPS) is 21.4. The van der Waals surface area contributed by atoms with E-state index in [-0.39, 0.29) is 17.8 Å². The number of benzene rings is 1. The second-order valence-electron chi connectivity index (χ2n) is 11.4. The fourth-order valence-electron chi connectivity index (χ4n) is 5.28. The van der Waals surface area contributed by atoms with Crippen molar-refractivity contribution < 1.29 is 18.8 Å². The molecule has 9 nitrogen and oxygen atoms in total. The van der Waals surface area contributed by atoms with Gasteiger partial charge >= 0.3 is 6.09 Å². The molecule has 214 valence electrons. The molecule has 0 bridgehead atoms. The summed E-state index contributed by atoms with van der Waals surface area (Å²) in [5.41, 5.74) is 3.39. The van der Waals surface area contributed by atoms with Crippen LogP contribution in [0.2, 0.25) is 0 Å². The Morgan fingerprint density at radius 3 is 2.58 bits per heavy atom. The van der Waals surface area contributed by atoms with Gasteiger partial charge in [0.2, 0.25) is 0 Å². The minimum absolute atomic E-state index is 0.0952. The van der Waals surface area contributed by atoms with Gasteiger partial charge in [-0.1, -0.05) is 17.3 Å². The lowest BCUT2D eigenvalue weighted by Crippen LogP contribution is -2.50. The third-order valence-corrected chi connectivity index (χ3v) is 7.17. The lowest BCUT2D eigenvalue weighted by molar-refractivity contribution is 0.0117. The molecule has 40 heavy (non-hydrogen) atoms. The molecular weight excluding hydrogens is 511 g/mol. The van der Waals surface area contributed by atoms with Crippen LogP contribution in [0.15, 0.2) is 47.9 Å². The fraction of sp³-hybridized carbons (Fsp3) is 0.500. The number of nitrogens with one attached hydrogen (secondary N) is 2. The molecule has 2 aliphatic rings. The van der Waals surface area contributed by atoms with Crippen molar-refractivity contribution in [1.82, 2.24) is 14.8 Å². The van der Waals surface area contributed by atoms with Gasteiger partial charge in [-0.25, -0.2) is 9.18 Å². The molecule has 2 atom stereocenters. The highest BCUT2D eigenvalue weighted by atomic mass is 19.1. The predicted molar refractivity (Wildman–Crippen MR) is 154 cm³/mol. The number of amides is 1. The Hall–Kier alpha value is -3.66. The van der Waals surface area contributed by atoms with Crippen molar-refractivity contribution in [2.24, 2.45) is 11.1 Å². The Labute approximate surface area is 235 Å². The largest absolute Gasteiger partial charge is 0.444 e. The Kier molecular flexibility index (Phi) is 9.29. The highest BCUT2D eigenvalue weighted by molar-refractivity contribution is 6.23. The number of pyridine rings is 1. The molecule has 0 spiro atoms. The minimum atomic E-state index is -0.514. The Bertz CT molecular complexity index is 1250. The van der Waals surface area contributed by atoms with E-state index in [1.54, 1.807) is 30.3 Å². The van der Waals surface area contributed by atoms with E-state index in [0.717, 1.165) is 29.8 Å². The van der Waals surface area contributed by atoms with Crippen molar-refractivity contribution in [3.63, 3.8) is 0 Å². The van der Waals surface area contributed by atoms with E-state index < -0.39 is 11.5 Å². The second kappa shape index (κ2) is 12.7. The first-order chi connectivity index (χ1) is 19.0. The molecule has 1 aromatic carbocycles. The molecule has 1 amide bonds. The molecule has 2 heterocycles. The lowest BCUT2D eigenvalue weighted by Gasteiger charge is -2.35. The summed E-state index contributed by atoms with van der Waals surface area (Å²) in [6.45, 7) is 10.9. The summed E-state index contributed by atoms with van der Waals surface area (Å²) in [6.07, 6.45) is 4.07. The quantitative estimate of drug-likeness (QED) is 0.273. The maximum atomic E-state index is 14.2. The van der Waals surface area contributed by atoms with Crippen molar-refractivity contribution >= 4 is 23.2 Å². The van der Waals surface area contributed by atoms with Gasteiger partial charge in [0.1, 0.15) is 18.0 Å². The van der Waals surface area contributed by atoms with Gasteiger partial charge in [-0.3, -0.25) is 9.88 Å². The number of carbonyl (C=O) groups excluding carboxylic acids is 1. The molecule has 2 unspecified atom stereocenters. The van der Waals surface area contributed by atoms with Crippen LogP contribution in [0.25, 0.3) is 11.1 Å². The van der Waals surface area contributed by atoms with E-state index in [2.05, 4.69) is 15.0 Å². The fourth-order valence-corrected chi connectivity index (χ4v) is 5.28. The number of hydrogen-bond donors (Lipinski definition) is 2. The van der Waals surface area contributed by atoms with Crippen LogP contribution in [-0.4, -0.2) is 82.9 Å². The van der Waals surface area contributed by atoms with Gasteiger partial charge in [-0.15, -0.1) is 0 Å². The molecule has 2 aromatic rings. The SMILES string of the molecule is CC(=N)C1C(=N)CC(c2ccc(F)cc2-c2cccnc2)CC1=NOCCN1CCN(C(=O)OC(C)(C)C)CC1. The number of piperazine rings is 1. The molecule has 1 saturated heterocycles. The maximum Gasteiger partial charge on any atom is 0.410 e. The van der Waals surface area contributed by atoms with Gasteiger partial charge in [-0.2, -0.15) is 0 Å². The summed E-state index contributed by atoms with van der Waals surface area (Å²) >= 11 is 0. The Morgan fingerprint density at radius 2 is 1.93 bits per heavy atom. The van der Waals surface area contributed by atoms with Crippen LogP contribution in [0.5, 0.6) is 0 Å². The minimum Gasteiger partial charge on any atom is -0.444 e. The molecule has 0 radical (unpaired) electrons. The van der Waals surface area contributed by atoms with Crippen molar-refractivity contribution in [3.8, 4) is 11.1 Å². The third-order valence-electron chi connectivity index (χ3n) is 7.17. The topological polar surface area (TPSA) is 115 Å². The smallest absolute Gasteiger partial charge is 0.410 e. The molecule has 1 aromatic heterocycles. The highest BCUT2D eigenvalue weighted by Crippen LogP contribution is 2.38. The van der Waals surface area contributed by atoms with Gasteiger partial charge in [0.05, 0.1) is 11.6 Å². The number of oxime groups is 1. The maximum absolute atomic E-state index is 14.2. The van der Waals surface area contributed by atoms with Gasteiger partial charge in [0.25, 0.3) is 0 Å². The van der Waals surface area contributed by atoms with E-state index >= 15 is 0 Å². The average molecular weight is 551 g/mol. The monoisotopic (exact) mass is 550 g/mol. The van der Waals surface area contributed by atoms with Crippen molar-refractivity contribution in [3.05, 3.63) is 54.1 Å². The second-order valence-corrected chi connectivity index (χ2v) is 11.4. The van der Waals surface area contributed by atoms with E-state index in [1.807, 2.05) is 32.9 Å². The molecule has 2 N–H and O–H groups in total. The number of halogens is 1. The van der Waals surface area contributed by atoms with Gasteiger partial charge in [0, 0.05) is 62.1 Å². The summed E-state index contributed by atoms with van der Waals surface area (Å²) in [7, 11) is 0. The van der Waals surface area contributed by atoms with Crippen molar-refractivity contribution in [2.75, 3.05) is 39.3 Å². The highest BCUT2D eigenvalue weighted by Gasteiger charge is 2.35. The number of nitrogens with zero attached hydrogens (tertiary/aromatic N) is 4. The Balaban J connectivity index is 1.40. The zero-order valence-corrected chi connectivity index (χ0v) is 23.7. The van der Waals surface area contributed by atoms with Crippen LogP contribution in [0.3, 0.4) is 0 Å². The van der Waals surface area contributed by atoms with Crippen LogP contribution >= 0.6 is 0 Å². The van der Waals surface area contributed by atoms with E-state index in [4.69, 9.17) is 20.4 Å². The van der Waals surface area contributed by atoms with E-state index in [1.165, 1.54) is 12.1 Å². The predicted octanol–water partition coefficient (Wildman–Crippen LogP) is 5.37. The van der Waals surface area contributed by atoms with Crippen molar-refractivity contribution in [1.29, 1.82) is 10.8 Å². The van der Waals surface area contributed by atoms with Crippen LogP contribution in [-0.2, 0) is 9.57 Å². The molecule has 4 rings (SSSR count). The van der Waals surface area contributed by atoms with Crippen LogP contribution < -0.4 is 0 Å². The molecule has 1 saturated carbocycles. The summed E-state index contributed by atoms with van der Waals surface area (Å²) < 4.78 is 19.7. The van der Waals surface area contributed by atoms with Crippen molar-refractivity contribution in [2.45, 2.75) is 52.1 Å². The average Bonchev–Trinajstić information content (AvgIpc) is 2.90. The molecule has 1 aliphatic carbocycles. The van der Waals surface area contributed by atoms with E-state index in [0.29, 0.717) is 56.2 Å². The Morgan fingerprint density at radius 1 is 1.18 bits per heavy atom. The van der Waals surface area contributed by atoms with Crippen LogP contribution in [0.1, 0.15) is 52.0 Å². The summed E-state index contributed by atoms with van der Waals surface area (Å²) in [5.74, 6) is -0.913. The van der Waals surface area contributed by atoms with Crippen LogP contribution in [0.4, 0.5) is 9.18 Å². The first-order valence-corrected chi connectivity index (χ1v) is 13.7. The summed E-state index contributed by atoms with van der Waals surface area (Å²) in [6, 6.07) is 8.46.